The van der Waals surface area contributed by atoms with Gasteiger partial charge in [-0.15, -0.1) is 0 Å². The highest BCUT2D eigenvalue weighted by atomic mass is 32.2. The molecule has 0 atom stereocenters. The first kappa shape index (κ1) is 17.8. The van der Waals surface area contributed by atoms with Gasteiger partial charge in [0, 0.05) is 13.1 Å². The van der Waals surface area contributed by atoms with Crippen molar-refractivity contribution in [1.82, 2.24) is 9.62 Å². The van der Waals surface area contributed by atoms with E-state index in [1.165, 1.54) is 16.1 Å². The van der Waals surface area contributed by atoms with Crippen LogP contribution < -0.4 is 5.32 Å². The number of rotatable bonds is 3. The smallest absolute Gasteiger partial charge is 0.243 e. The van der Waals surface area contributed by atoms with Gasteiger partial charge in [-0.2, -0.15) is 9.57 Å². The topological polar surface area (TPSA) is 85.6 Å². The number of aryl methyl sites for hydroxylation is 1. The van der Waals surface area contributed by atoms with Crippen molar-refractivity contribution in [2.45, 2.75) is 31.1 Å². The lowest BCUT2D eigenvalue weighted by atomic mass is 10.2. The lowest BCUT2D eigenvalue weighted by Crippen LogP contribution is -2.35. The Balaban J connectivity index is 2.38. The number of thioether (sulfide) groups is 1. The van der Waals surface area contributed by atoms with Gasteiger partial charge in [0.05, 0.1) is 10.6 Å². The van der Waals surface area contributed by atoms with Gasteiger partial charge in [-0.05, 0) is 43.7 Å². The first-order valence-corrected chi connectivity index (χ1v) is 10.0. The van der Waals surface area contributed by atoms with Crippen LogP contribution >= 0.6 is 11.8 Å². The number of sulfonamides is 1. The van der Waals surface area contributed by atoms with Crippen LogP contribution in [0.25, 0.3) is 0 Å². The highest BCUT2D eigenvalue weighted by Gasteiger charge is 2.26. The number of benzene rings is 1. The first-order chi connectivity index (χ1) is 11.0. The van der Waals surface area contributed by atoms with Crippen LogP contribution in [0.5, 0.6) is 0 Å². The molecule has 1 fully saturated rings. The lowest BCUT2D eigenvalue weighted by Gasteiger charge is -2.26. The molecule has 2 rings (SSSR count). The van der Waals surface area contributed by atoms with Gasteiger partial charge < -0.3 is 0 Å². The van der Waals surface area contributed by atoms with Crippen LogP contribution in [-0.2, 0) is 10.0 Å². The maximum absolute atomic E-state index is 12.7. The van der Waals surface area contributed by atoms with Gasteiger partial charge in [0.2, 0.25) is 10.0 Å². The van der Waals surface area contributed by atoms with E-state index in [0.717, 1.165) is 24.8 Å². The van der Waals surface area contributed by atoms with Crippen molar-refractivity contribution in [3.63, 3.8) is 0 Å². The summed E-state index contributed by atoms with van der Waals surface area (Å²) in [5.74, 6) is 0. The number of nitriles is 1. The molecule has 0 aromatic heterocycles. The quantitative estimate of drug-likeness (QED) is 0.391. The summed E-state index contributed by atoms with van der Waals surface area (Å²) in [7, 11) is -3.48. The third kappa shape index (κ3) is 4.25. The van der Waals surface area contributed by atoms with Gasteiger partial charge in [0.25, 0.3) is 0 Å². The third-order valence-electron chi connectivity index (χ3n) is 3.71. The molecule has 1 saturated heterocycles. The summed E-state index contributed by atoms with van der Waals surface area (Å²) in [6.45, 7) is 3.00. The molecule has 0 spiro atoms. The maximum atomic E-state index is 12.7. The summed E-state index contributed by atoms with van der Waals surface area (Å²) in [6.07, 6.45) is 6.50. The zero-order valence-corrected chi connectivity index (χ0v) is 14.9. The lowest BCUT2D eigenvalue weighted by molar-refractivity contribution is 0.346. The molecule has 8 heteroatoms. The van der Waals surface area contributed by atoms with Crippen LogP contribution in [0.4, 0.5) is 5.69 Å². The molecule has 1 aliphatic rings. The minimum absolute atomic E-state index is 0.251. The zero-order chi connectivity index (χ0) is 16.9. The largest absolute Gasteiger partial charge is 0.271 e. The highest BCUT2D eigenvalue weighted by molar-refractivity contribution is 8.13. The molecule has 1 aromatic carbocycles. The normalized spacial score (nSPS) is 16.8. The Morgan fingerprint density at radius 1 is 1.35 bits per heavy atom. The van der Waals surface area contributed by atoms with Crippen LogP contribution in [0.3, 0.4) is 0 Å². The Morgan fingerprint density at radius 2 is 2.04 bits per heavy atom. The average molecular weight is 352 g/mol. The van der Waals surface area contributed by atoms with E-state index in [2.05, 4.69) is 10.3 Å². The Kier molecular flexibility index (Phi) is 6.04. The predicted molar refractivity (Wildman–Crippen MR) is 93.1 cm³/mol. The Hall–Kier alpha value is -1.56. The van der Waals surface area contributed by atoms with Gasteiger partial charge in [-0.3, -0.25) is 5.32 Å². The van der Waals surface area contributed by atoms with E-state index < -0.39 is 10.0 Å². The molecule has 23 heavy (non-hydrogen) atoms. The van der Waals surface area contributed by atoms with Crippen LogP contribution in [0.15, 0.2) is 28.1 Å². The molecular formula is C15H20N4O2S2. The van der Waals surface area contributed by atoms with E-state index in [9.17, 15) is 8.42 Å². The molecule has 0 radical (unpaired) electrons. The molecule has 124 valence electrons. The molecule has 0 saturated carbocycles. The fourth-order valence-electron chi connectivity index (χ4n) is 2.41. The predicted octanol–water partition coefficient (Wildman–Crippen LogP) is 2.59. The fraction of sp³-hybridized carbons (Fsp3) is 0.467. The van der Waals surface area contributed by atoms with Crippen molar-refractivity contribution in [3.8, 4) is 6.19 Å². The monoisotopic (exact) mass is 352 g/mol. The van der Waals surface area contributed by atoms with Crippen molar-refractivity contribution in [3.05, 3.63) is 23.8 Å². The maximum Gasteiger partial charge on any atom is 0.243 e. The van der Waals surface area contributed by atoms with Crippen molar-refractivity contribution in [2.75, 3.05) is 19.3 Å². The molecule has 1 N–H and O–H groups in total. The zero-order valence-electron chi connectivity index (χ0n) is 13.2. The number of aliphatic imine (C=N–C) groups is 1. The van der Waals surface area contributed by atoms with E-state index >= 15 is 0 Å². The summed E-state index contributed by atoms with van der Waals surface area (Å²) in [5.41, 5.74) is 1.41. The molecule has 6 nitrogen and oxygen atoms in total. The fourth-order valence-corrected chi connectivity index (χ4v) is 4.28. The van der Waals surface area contributed by atoms with Crippen molar-refractivity contribution >= 4 is 32.6 Å². The van der Waals surface area contributed by atoms with Crippen molar-refractivity contribution in [1.29, 1.82) is 5.26 Å². The van der Waals surface area contributed by atoms with Crippen LogP contribution in [0.2, 0.25) is 0 Å². The molecule has 0 unspecified atom stereocenters. The minimum Gasteiger partial charge on any atom is -0.271 e. The summed E-state index contributed by atoms with van der Waals surface area (Å²) in [4.78, 5) is 4.60. The van der Waals surface area contributed by atoms with E-state index in [0.29, 0.717) is 23.9 Å². The first-order valence-electron chi connectivity index (χ1n) is 7.37. The molecule has 1 heterocycles. The second kappa shape index (κ2) is 7.81. The summed E-state index contributed by atoms with van der Waals surface area (Å²) in [6, 6.07) is 4.95. The van der Waals surface area contributed by atoms with Crippen LogP contribution in [-0.4, -0.2) is 37.2 Å². The Bertz CT molecular complexity index is 732. The third-order valence-corrected chi connectivity index (χ3v) is 6.19. The van der Waals surface area contributed by atoms with E-state index in [-0.39, 0.29) is 4.90 Å². The molecule has 1 aliphatic heterocycles. The van der Waals surface area contributed by atoms with E-state index in [4.69, 9.17) is 5.26 Å². The van der Waals surface area contributed by atoms with Gasteiger partial charge in [-0.25, -0.2) is 13.4 Å². The minimum atomic E-state index is -3.48. The summed E-state index contributed by atoms with van der Waals surface area (Å²) >= 11 is 1.30. The van der Waals surface area contributed by atoms with Crippen LogP contribution in [0, 0.1) is 18.4 Å². The average Bonchev–Trinajstić information content (AvgIpc) is 2.56. The number of hydrogen-bond donors (Lipinski definition) is 1. The number of hydrogen-bond acceptors (Lipinski definition) is 5. The Morgan fingerprint density at radius 3 is 2.65 bits per heavy atom. The van der Waals surface area contributed by atoms with Gasteiger partial charge in [-0.1, -0.05) is 24.2 Å². The molecule has 0 aliphatic carbocycles. The molecule has 0 amide bonds. The molecular weight excluding hydrogens is 332 g/mol. The second-order valence-electron chi connectivity index (χ2n) is 5.27. The van der Waals surface area contributed by atoms with E-state index in [1.54, 1.807) is 24.5 Å². The number of nitrogens with one attached hydrogen (secondary N) is 1. The van der Waals surface area contributed by atoms with Crippen molar-refractivity contribution < 1.29 is 8.42 Å². The number of nitrogens with zero attached hydrogens (tertiary/aromatic N) is 3. The highest BCUT2D eigenvalue weighted by Crippen LogP contribution is 2.27. The number of piperidine rings is 1. The SMILES string of the molecule is CSC(=Nc1cc(S(=O)(=O)N2CCCCC2)ccc1C)NC#N. The van der Waals surface area contributed by atoms with Gasteiger partial charge in [0.1, 0.15) is 0 Å². The van der Waals surface area contributed by atoms with E-state index in [1.807, 2.05) is 13.1 Å². The Labute approximate surface area is 141 Å². The second-order valence-corrected chi connectivity index (χ2v) is 8.00. The van der Waals surface area contributed by atoms with Crippen molar-refractivity contribution in [2.24, 2.45) is 4.99 Å². The number of amidine groups is 1. The standard InChI is InChI=1S/C15H20N4O2S2/c1-12-6-7-13(10-14(12)18-15(22-2)17-11-16)23(20,21)19-8-4-3-5-9-19/h6-7,10H,3-5,8-9H2,1-2H3,(H,17,18). The van der Waals surface area contributed by atoms with Crippen LogP contribution in [0.1, 0.15) is 24.8 Å². The van der Waals surface area contributed by atoms with Gasteiger partial charge in [0.15, 0.2) is 11.4 Å². The molecule has 0 bridgehead atoms. The summed E-state index contributed by atoms with van der Waals surface area (Å²) < 4.78 is 27.0. The summed E-state index contributed by atoms with van der Waals surface area (Å²) in [5, 5.41) is 11.6. The molecule has 1 aromatic rings. The van der Waals surface area contributed by atoms with Gasteiger partial charge >= 0.3 is 0 Å².